The van der Waals surface area contributed by atoms with Crippen molar-refractivity contribution in [3.05, 3.63) is 42.2 Å². The zero-order chi connectivity index (χ0) is 18.4. The Bertz CT molecular complexity index is 720. The smallest absolute Gasteiger partial charge is 0.311 e. The molecule has 0 spiro atoms. The molecular formula is C19H25N3O3. The normalized spacial score (nSPS) is 12.0. The topological polar surface area (TPSA) is 73.2 Å². The number of amides is 1. The van der Waals surface area contributed by atoms with Gasteiger partial charge >= 0.3 is 5.97 Å². The van der Waals surface area contributed by atoms with Crippen LogP contribution in [0, 0.1) is 11.8 Å². The summed E-state index contributed by atoms with van der Waals surface area (Å²) in [6.45, 7) is 6.33. The molecule has 0 aliphatic rings. The van der Waals surface area contributed by atoms with E-state index in [1.54, 1.807) is 42.2 Å². The van der Waals surface area contributed by atoms with Gasteiger partial charge in [0.25, 0.3) is 5.91 Å². The summed E-state index contributed by atoms with van der Waals surface area (Å²) in [6, 6.07) is 6.75. The molecule has 0 saturated heterocycles. The predicted octanol–water partition coefficient (Wildman–Crippen LogP) is 3.65. The molecule has 0 aliphatic heterocycles. The maximum atomic E-state index is 12.0. The van der Waals surface area contributed by atoms with E-state index in [2.05, 4.69) is 31.2 Å². The average molecular weight is 343 g/mol. The van der Waals surface area contributed by atoms with E-state index >= 15 is 0 Å². The number of carbonyl (C=O) groups excluding carboxylic acids is 2. The zero-order valence-electron chi connectivity index (χ0n) is 15.2. The Morgan fingerprint density at radius 3 is 2.44 bits per heavy atom. The van der Waals surface area contributed by atoms with E-state index in [1.165, 1.54) is 6.20 Å². The van der Waals surface area contributed by atoms with Crippen LogP contribution < -0.4 is 10.1 Å². The second kappa shape index (κ2) is 8.46. The first-order valence-corrected chi connectivity index (χ1v) is 8.44. The summed E-state index contributed by atoms with van der Waals surface area (Å²) in [7, 11) is 1.75. The number of ether oxygens (including phenoxy) is 1. The number of aryl methyl sites for hydroxylation is 1. The number of hydrogen-bond donors (Lipinski definition) is 1. The van der Waals surface area contributed by atoms with Crippen LogP contribution in [0.1, 0.15) is 44.0 Å². The number of rotatable bonds is 7. The van der Waals surface area contributed by atoms with Crippen molar-refractivity contribution in [2.75, 3.05) is 5.32 Å². The van der Waals surface area contributed by atoms with E-state index in [1.807, 2.05) is 0 Å². The van der Waals surface area contributed by atoms with E-state index in [0.29, 0.717) is 35.3 Å². The molecule has 2 rings (SSSR count). The SMILES string of the molecule is CC(C)CC(C)CC(=O)Oc1ccc(NC(=O)c2cnn(C)c2)cc1. The van der Waals surface area contributed by atoms with Crippen LogP contribution in [0.4, 0.5) is 5.69 Å². The Hall–Kier alpha value is -2.63. The molecule has 1 heterocycles. The molecule has 6 heteroatoms. The third-order valence-electron chi connectivity index (χ3n) is 3.70. The molecule has 0 bridgehead atoms. The van der Waals surface area contributed by atoms with Crippen molar-refractivity contribution in [2.24, 2.45) is 18.9 Å². The maximum Gasteiger partial charge on any atom is 0.311 e. The van der Waals surface area contributed by atoms with Gasteiger partial charge in [0.05, 0.1) is 11.8 Å². The van der Waals surface area contributed by atoms with E-state index in [9.17, 15) is 9.59 Å². The first kappa shape index (κ1) is 18.7. The molecule has 2 aromatic rings. The van der Waals surface area contributed by atoms with E-state index in [-0.39, 0.29) is 11.9 Å². The lowest BCUT2D eigenvalue weighted by Gasteiger charge is -2.13. The second-order valence-electron chi connectivity index (χ2n) is 6.79. The van der Waals surface area contributed by atoms with E-state index in [4.69, 9.17) is 4.74 Å². The fourth-order valence-corrected chi connectivity index (χ4v) is 2.69. The molecule has 134 valence electrons. The monoisotopic (exact) mass is 343 g/mol. The molecule has 1 aromatic carbocycles. The molecule has 6 nitrogen and oxygen atoms in total. The minimum atomic E-state index is -0.236. The Balaban J connectivity index is 1.87. The van der Waals surface area contributed by atoms with Gasteiger partial charge in [-0.3, -0.25) is 14.3 Å². The van der Waals surface area contributed by atoms with Crippen LogP contribution in [0.3, 0.4) is 0 Å². The van der Waals surface area contributed by atoms with Gasteiger partial charge in [-0.25, -0.2) is 0 Å². The van der Waals surface area contributed by atoms with Crippen molar-refractivity contribution in [2.45, 2.75) is 33.6 Å². The van der Waals surface area contributed by atoms with Crippen LogP contribution in [0.15, 0.2) is 36.7 Å². The molecule has 1 amide bonds. The standard InChI is InChI=1S/C19H25N3O3/c1-13(2)9-14(3)10-18(23)25-17-7-5-16(6-8-17)21-19(24)15-11-20-22(4)12-15/h5-8,11-14H,9-10H2,1-4H3,(H,21,24). The lowest BCUT2D eigenvalue weighted by atomic mass is 9.96. The van der Waals surface area contributed by atoms with Gasteiger partial charge in [0, 0.05) is 25.4 Å². The molecule has 0 radical (unpaired) electrons. The maximum absolute atomic E-state index is 12.0. The van der Waals surface area contributed by atoms with Gasteiger partial charge in [-0.2, -0.15) is 5.10 Å². The molecular weight excluding hydrogens is 318 g/mol. The second-order valence-corrected chi connectivity index (χ2v) is 6.79. The Morgan fingerprint density at radius 2 is 1.88 bits per heavy atom. The van der Waals surface area contributed by atoms with Crippen LogP contribution >= 0.6 is 0 Å². The Kier molecular flexibility index (Phi) is 6.33. The summed E-state index contributed by atoms with van der Waals surface area (Å²) in [5.74, 6) is 0.859. The quantitative estimate of drug-likeness (QED) is 0.615. The average Bonchev–Trinajstić information content (AvgIpc) is 2.95. The van der Waals surface area contributed by atoms with Crippen molar-refractivity contribution < 1.29 is 14.3 Å². The van der Waals surface area contributed by atoms with E-state index in [0.717, 1.165) is 6.42 Å². The van der Waals surface area contributed by atoms with Gasteiger partial charge in [0.1, 0.15) is 5.75 Å². The lowest BCUT2D eigenvalue weighted by molar-refractivity contribution is -0.135. The van der Waals surface area contributed by atoms with Gasteiger partial charge in [-0.05, 0) is 42.5 Å². The molecule has 0 fully saturated rings. The number of nitrogens with zero attached hydrogens (tertiary/aromatic N) is 2. The number of nitrogens with one attached hydrogen (secondary N) is 1. The summed E-state index contributed by atoms with van der Waals surface area (Å²) in [4.78, 5) is 24.0. The highest BCUT2D eigenvalue weighted by molar-refractivity contribution is 6.03. The molecule has 1 unspecified atom stereocenters. The highest BCUT2D eigenvalue weighted by Gasteiger charge is 2.13. The van der Waals surface area contributed by atoms with Gasteiger partial charge in [0.2, 0.25) is 0 Å². The van der Waals surface area contributed by atoms with Crippen LogP contribution in [0.5, 0.6) is 5.75 Å². The van der Waals surface area contributed by atoms with Gasteiger partial charge < -0.3 is 10.1 Å². The molecule has 0 aliphatic carbocycles. The molecule has 1 atom stereocenters. The summed E-state index contributed by atoms with van der Waals surface area (Å²) in [5.41, 5.74) is 1.11. The molecule has 25 heavy (non-hydrogen) atoms. The van der Waals surface area contributed by atoms with Crippen LogP contribution in [-0.2, 0) is 11.8 Å². The summed E-state index contributed by atoms with van der Waals surface area (Å²) in [5, 5.41) is 6.74. The zero-order valence-corrected chi connectivity index (χ0v) is 15.2. The van der Waals surface area contributed by atoms with Crippen molar-refractivity contribution in [1.82, 2.24) is 9.78 Å². The first-order chi connectivity index (χ1) is 11.8. The largest absolute Gasteiger partial charge is 0.427 e. The highest BCUT2D eigenvalue weighted by Crippen LogP contribution is 2.19. The molecule has 1 N–H and O–H groups in total. The van der Waals surface area contributed by atoms with Crippen molar-refractivity contribution in [1.29, 1.82) is 0 Å². The van der Waals surface area contributed by atoms with Gasteiger partial charge in [-0.15, -0.1) is 0 Å². The third-order valence-corrected chi connectivity index (χ3v) is 3.70. The number of hydrogen-bond acceptors (Lipinski definition) is 4. The van der Waals surface area contributed by atoms with Gasteiger partial charge in [-0.1, -0.05) is 20.8 Å². The number of anilines is 1. The fraction of sp³-hybridized carbons (Fsp3) is 0.421. The van der Waals surface area contributed by atoms with Crippen LogP contribution in [0.2, 0.25) is 0 Å². The van der Waals surface area contributed by atoms with Crippen molar-refractivity contribution >= 4 is 17.6 Å². The van der Waals surface area contributed by atoms with E-state index < -0.39 is 0 Å². The summed E-state index contributed by atoms with van der Waals surface area (Å²) < 4.78 is 6.92. The Morgan fingerprint density at radius 1 is 1.20 bits per heavy atom. The predicted molar refractivity (Wildman–Crippen MR) is 96.5 cm³/mol. The van der Waals surface area contributed by atoms with Crippen LogP contribution in [0.25, 0.3) is 0 Å². The highest BCUT2D eigenvalue weighted by atomic mass is 16.5. The number of carbonyl (C=O) groups is 2. The minimum absolute atomic E-state index is 0.236. The summed E-state index contributed by atoms with van der Waals surface area (Å²) >= 11 is 0. The molecule has 0 saturated carbocycles. The van der Waals surface area contributed by atoms with Crippen LogP contribution in [-0.4, -0.2) is 21.7 Å². The third kappa shape index (κ3) is 6.06. The molecule has 1 aromatic heterocycles. The van der Waals surface area contributed by atoms with Crippen molar-refractivity contribution in [3.63, 3.8) is 0 Å². The first-order valence-electron chi connectivity index (χ1n) is 8.44. The van der Waals surface area contributed by atoms with Crippen molar-refractivity contribution in [3.8, 4) is 5.75 Å². The van der Waals surface area contributed by atoms with Gasteiger partial charge in [0.15, 0.2) is 0 Å². The lowest BCUT2D eigenvalue weighted by Crippen LogP contribution is -2.14. The Labute approximate surface area is 148 Å². The number of benzene rings is 1. The summed E-state index contributed by atoms with van der Waals surface area (Å²) in [6.07, 6.45) is 4.54. The number of aromatic nitrogens is 2. The fourth-order valence-electron chi connectivity index (χ4n) is 2.69. The minimum Gasteiger partial charge on any atom is -0.427 e. The number of esters is 1.